The van der Waals surface area contributed by atoms with Gasteiger partial charge in [-0.25, -0.2) is 0 Å². The second-order valence-corrected chi connectivity index (χ2v) is 6.67. The number of hydrogen-bond acceptors (Lipinski definition) is 2. The molecule has 3 heteroatoms. The van der Waals surface area contributed by atoms with Gasteiger partial charge in [0.15, 0.2) is 0 Å². The van der Waals surface area contributed by atoms with Gasteiger partial charge in [-0.05, 0) is 45.6 Å². The van der Waals surface area contributed by atoms with Crippen LogP contribution >= 0.6 is 15.9 Å². The molecule has 0 aromatic rings. The van der Waals surface area contributed by atoms with Gasteiger partial charge in [0.25, 0.3) is 0 Å². The summed E-state index contributed by atoms with van der Waals surface area (Å²) in [7, 11) is 0. The smallest absolute Gasteiger partial charge is 0.0710 e. The molecule has 3 unspecified atom stereocenters. The Labute approximate surface area is 108 Å². The third kappa shape index (κ3) is 2.80. The maximum Gasteiger partial charge on any atom is 0.0710 e. The lowest BCUT2D eigenvalue weighted by Crippen LogP contribution is -2.39. The predicted octanol–water partition coefficient (Wildman–Crippen LogP) is 3.05. The van der Waals surface area contributed by atoms with Gasteiger partial charge in [0, 0.05) is 17.9 Å². The van der Waals surface area contributed by atoms with Crippen LogP contribution in [0.15, 0.2) is 0 Å². The molecule has 16 heavy (non-hydrogen) atoms. The molecule has 0 N–H and O–H groups in total. The fourth-order valence-electron chi connectivity index (χ4n) is 3.03. The molecule has 0 bridgehead atoms. The molecule has 2 fully saturated rings. The molecule has 94 valence electrons. The molecule has 2 saturated heterocycles. The number of halogens is 1. The minimum Gasteiger partial charge on any atom is -0.371 e. The van der Waals surface area contributed by atoms with Gasteiger partial charge in [-0.1, -0.05) is 22.9 Å². The minimum atomic E-state index is 0.111. The van der Waals surface area contributed by atoms with Crippen LogP contribution in [0.5, 0.6) is 0 Å². The van der Waals surface area contributed by atoms with Crippen molar-refractivity contribution in [3.8, 4) is 0 Å². The van der Waals surface area contributed by atoms with Gasteiger partial charge in [-0.15, -0.1) is 0 Å². The Morgan fingerprint density at radius 2 is 2.12 bits per heavy atom. The Morgan fingerprint density at radius 3 is 2.69 bits per heavy atom. The zero-order valence-corrected chi connectivity index (χ0v) is 12.3. The van der Waals surface area contributed by atoms with Gasteiger partial charge in [-0.2, -0.15) is 0 Å². The van der Waals surface area contributed by atoms with Gasteiger partial charge < -0.3 is 4.74 Å². The van der Waals surface area contributed by atoms with Gasteiger partial charge in [0.1, 0.15) is 0 Å². The van der Waals surface area contributed by atoms with E-state index in [9.17, 15) is 0 Å². The van der Waals surface area contributed by atoms with Gasteiger partial charge in [-0.3, -0.25) is 4.90 Å². The lowest BCUT2D eigenvalue weighted by Gasteiger charge is -2.28. The van der Waals surface area contributed by atoms with E-state index in [2.05, 4.69) is 41.6 Å². The van der Waals surface area contributed by atoms with E-state index in [1.807, 2.05) is 0 Å². The normalized spacial score (nSPS) is 39.4. The topological polar surface area (TPSA) is 12.5 Å². The van der Waals surface area contributed by atoms with E-state index in [0.29, 0.717) is 12.1 Å². The van der Waals surface area contributed by atoms with Crippen LogP contribution in [0, 0.1) is 5.92 Å². The van der Waals surface area contributed by atoms with Crippen LogP contribution in [-0.2, 0) is 4.74 Å². The van der Waals surface area contributed by atoms with Crippen molar-refractivity contribution in [2.24, 2.45) is 5.92 Å². The first-order valence-corrected chi connectivity index (χ1v) is 7.62. The average molecular weight is 290 g/mol. The maximum atomic E-state index is 6.08. The van der Waals surface area contributed by atoms with Crippen molar-refractivity contribution >= 4 is 15.9 Å². The van der Waals surface area contributed by atoms with Crippen LogP contribution in [0.1, 0.15) is 40.0 Å². The summed E-state index contributed by atoms with van der Waals surface area (Å²) < 4.78 is 6.08. The Balaban J connectivity index is 1.86. The summed E-state index contributed by atoms with van der Waals surface area (Å²) in [6, 6.07) is 0.715. The highest BCUT2D eigenvalue weighted by Gasteiger charge is 2.36. The van der Waals surface area contributed by atoms with Gasteiger partial charge in [0.2, 0.25) is 0 Å². The predicted molar refractivity (Wildman–Crippen MR) is 71.1 cm³/mol. The first kappa shape index (κ1) is 12.8. The third-order valence-corrected chi connectivity index (χ3v) is 4.81. The number of rotatable bonds is 3. The van der Waals surface area contributed by atoms with Crippen molar-refractivity contribution in [1.29, 1.82) is 0 Å². The number of hydrogen-bond donors (Lipinski definition) is 0. The molecule has 2 heterocycles. The second-order valence-electron chi connectivity index (χ2n) is 6.02. The molecule has 0 aliphatic carbocycles. The summed E-state index contributed by atoms with van der Waals surface area (Å²) in [6.45, 7) is 9.16. The second kappa shape index (κ2) is 4.95. The summed E-state index contributed by atoms with van der Waals surface area (Å²) in [4.78, 5) is 2.62. The molecule has 0 amide bonds. The zero-order chi connectivity index (χ0) is 11.8. The van der Waals surface area contributed by atoms with E-state index in [0.717, 1.165) is 17.8 Å². The minimum absolute atomic E-state index is 0.111. The summed E-state index contributed by atoms with van der Waals surface area (Å²) >= 11 is 3.65. The molecule has 0 aromatic carbocycles. The van der Waals surface area contributed by atoms with Gasteiger partial charge in [0.05, 0.1) is 11.7 Å². The van der Waals surface area contributed by atoms with Crippen LogP contribution in [-0.4, -0.2) is 41.1 Å². The lowest BCUT2D eigenvalue weighted by molar-refractivity contribution is -0.0298. The molecule has 2 nitrogen and oxygen atoms in total. The fourth-order valence-corrected chi connectivity index (χ4v) is 4.08. The van der Waals surface area contributed by atoms with Crippen molar-refractivity contribution in [1.82, 2.24) is 4.90 Å². The number of alkyl halides is 1. The summed E-state index contributed by atoms with van der Waals surface area (Å²) in [5.74, 6) is 0.828. The molecule has 2 rings (SSSR count). The standard InChI is InChI=1S/C13H24BrNO/c1-10-5-7-15(12(10)8-14)9-11-4-6-13(2,3)16-11/h10-12H,4-9H2,1-3H3. The molecule has 3 atom stereocenters. The SMILES string of the molecule is CC1CCN(CC2CCC(C)(C)O2)C1CBr. The quantitative estimate of drug-likeness (QED) is 0.741. The molecule has 0 spiro atoms. The first-order valence-electron chi connectivity index (χ1n) is 6.49. The Morgan fingerprint density at radius 1 is 1.38 bits per heavy atom. The number of nitrogens with zero attached hydrogens (tertiary/aromatic N) is 1. The van der Waals surface area contributed by atoms with E-state index < -0.39 is 0 Å². The van der Waals surface area contributed by atoms with Gasteiger partial charge >= 0.3 is 0 Å². The molecular formula is C13H24BrNO. The van der Waals surface area contributed by atoms with Crippen molar-refractivity contribution in [2.45, 2.75) is 57.8 Å². The van der Waals surface area contributed by atoms with E-state index in [1.165, 1.54) is 25.8 Å². The van der Waals surface area contributed by atoms with Crippen LogP contribution in [0.4, 0.5) is 0 Å². The Bertz CT molecular complexity index is 244. The van der Waals surface area contributed by atoms with E-state index in [-0.39, 0.29) is 5.60 Å². The summed E-state index contributed by atoms with van der Waals surface area (Å²) in [6.07, 6.45) is 4.24. The molecule has 0 radical (unpaired) electrons. The van der Waals surface area contributed by atoms with Crippen LogP contribution < -0.4 is 0 Å². The van der Waals surface area contributed by atoms with Crippen LogP contribution in [0.2, 0.25) is 0 Å². The maximum absolute atomic E-state index is 6.08. The lowest BCUT2D eigenvalue weighted by atomic mass is 10.0. The van der Waals surface area contributed by atoms with Crippen molar-refractivity contribution in [3.63, 3.8) is 0 Å². The largest absolute Gasteiger partial charge is 0.371 e. The Hall–Kier alpha value is 0.400. The number of ether oxygens (including phenoxy) is 1. The van der Waals surface area contributed by atoms with Crippen LogP contribution in [0.25, 0.3) is 0 Å². The number of likely N-dealkylation sites (tertiary alicyclic amines) is 1. The fraction of sp³-hybridized carbons (Fsp3) is 1.00. The summed E-state index contributed by atoms with van der Waals surface area (Å²) in [5.41, 5.74) is 0.111. The average Bonchev–Trinajstić information content (AvgIpc) is 2.71. The summed E-state index contributed by atoms with van der Waals surface area (Å²) in [5, 5.41) is 1.10. The zero-order valence-electron chi connectivity index (χ0n) is 10.7. The van der Waals surface area contributed by atoms with Crippen LogP contribution in [0.3, 0.4) is 0 Å². The molecule has 0 aromatic heterocycles. The molecule has 2 aliphatic rings. The first-order chi connectivity index (χ1) is 7.52. The van der Waals surface area contributed by atoms with Crippen molar-refractivity contribution < 1.29 is 4.74 Å². The van der Waals surface area contributed by atoms with Crippen molar-refractivity contribution in [2.75, 3.05) is 18.4 Å². The van der Waals surface area contributed by atoms with E-state index >= 15 is 0 Å². The van der Waals surface area contributed by atoms with E-state index in [1.54, 1.807) is 0 Å². The van der Waals surface area contributed by atoms with E-state index in [4.69, 9.17) is 4.74 Å². The Kier molecular flexibility index (Phi) is 3.97. The highest BCUT2D eigenvalue weighted by atomic mass is 79.9. The molecule has 2 aliphatic heterocycles. The third-order valence-electron chi connectivity index (χ3n) is 4.15. The highest BCUT2D eigenvalue weighted by Crippen LogP contribution is 2.32. The van der Waals surface area contributed by atoms with Crippen molar-refractivity contribution in [3.05, 3.63) is 0 Å². The monoisotopic (exact) mass is 289 g/mol. The molecular weight excluding hydrogens is 266 g/mol. The highest BCUT2D eigenvalue weighted by molar-refractivity contribution is 9.09. The molecule has 0 saturated carbocycles.